The predicted molar refractivity (Wildman–Crippen MR) is 81.1 cm³/mol. The Hall–Kier alpha value is -1.75. The van der Waals surface area contributed by atoms with E-state index in [-0.39, 0.29) is 11.8 Å². The van der Waals surface area contributed by atoms with Gasteiger partial charge < -0.3 is 5.73 Å². The minimum Gasteiger partial charge on any atom is -0.389 e. The Labute approximate surface area is 123 Å². The molecule has 0 saturated carbocycles. The minimum atomic E-state index is -0.0784. The van der Waals surface area contributed by atoms with Gasteiger partial charge in [0.1, 0.15) is 4.99 Å². The Morgan fingerprint density at radius 2 is 1.85 bits per heavy atom. The van der Waals surface area contributed by atoms with Crippen molar-refractivity contribution in [1.29, 1.82) is 0 Å². The highest BCUT2D eigenvalue weighted by Crippen LogP contribution is 2.18. The molecule has 2 rings (SSSR count). The summed E-state index contributed by atoms with van der Waals surface area (Å²) in [6, 6.07) is 5.61. The van der Waals surface area contributed by atoms with Gasteiger partial charge in [0.15, 0.2) is 0 Å². The molecular weight excluding hydrogens is 272 g/mol. The van der Waals surface area contributed by atoms with Crippen LogP contribution in [-0.2, 0) is 16.1 Å². The highest BCUT2D eigenvalue weighted by atomic mass is 32.1. The lowest BCUT2D eigenvalue weighted by molar-refractivity contribution is -0.144. The number of hydrogen-bond acceptors (Lipinski definition) is 3. The van der Waals surface area contributed by atoms with Crippen LogP contribution in [0.2, 0.25) is 0 Å². The first-order valence-corrected chi connectivity index (χ1v) is 7.12. The topological polar surface area (TPSA) is 63.4 Å². The van der Waals surface area contributed by atoms with Crippen LogP contribution in [0.5, 0.6) is 0 Å². The van der Waals surface area contributed by atoms with Crippen molar-refractivity contribution in [3.63, 3.8) is 0 Å². The molecule has 1 aliphatic heterocycles. The van der Waals surface area contributed by atoms with Gasteiger partial charge in [-0.3, -0.25) is 14.5 Å². The van der Waals surface area contributed by atoms with Gasteiger partial charge in [-0.25, -0.2) is 0 Å². The number of benzene rings is 1. The molecule has 0 bridgehead atoms. The fourth-order valence-electron chi connectivity index (χ4n) is 2.33. The fraction of sp³-hybridized carbons (Fsp3) is 0.400. The largest absolute Gasteiger partial charge is 0.389 e. The normalized spacial score (nSPS) is 16.1. The van der Waals surface area contributed by atoms with E-state index < -0.39 is 0 Å². The fourth-order valence-corrected chi connectivity index (χ4v) is 2.46. The van der Waals surface area contributed by atoms with Crippen molar-refractivity contribution in [3.05, 3.63) is 34.9 Å². The molecule has 0 atom stereocenters. The van der Waals surface area contributed by atoms with Crippen molar-refractivity contribution in [2.24, 2.45) is 5.73 Å². The summed E-state index contributed by atoms with van der Waals surface area (Å²) >= 11 is 4.94. The average Bonchev–Trinajstić information content (AvgIpc) is 2.55. The van der Waals surface area contributed by atoms with E-state index in [4.69, 9.17) is 18.0 Å². The molecule has 0 aliphatic carbocycles. The van der Waals surface area contributed by atoms with E-state index in [1.165, 1.54) is 4.90 Å². The van der Waals surface area contributed by atoms with Crippen LogP contribution in [0.3, 0.4) is 0 Å². The van der Waals surface area contributed by atoms with E-state index in [9.17, 15) is 9.59 Å². The van der Waals surface area contributed by atoms with Crippen molar-refractivity contribution < 1.29 is 9.59 Å². The lowest BCUT2D eigenvalue weighted by Crippen LogP contribution is -2.34. The first-order chi connectivity index (χ1) is 9.49. The standard InChI is InChI=1S/C15H18N2O2S/c1-10-8-11(15(16)20)6-7-12(10)9-17-13(18)4-2-3-5-14(17)19/h6-8H,2-5,9H2,1H3,(H2,16,20). The van der Waals surface area contributed by atoms with E-state index >= 15 is 0 Å². The maximum atomic E-state index is 12.0. The second-order valence-corrected chi connectivity index (χ2v) is 5.53. The lowest BCUT2D eigenvalue weighted by Gasteiger charge is -2.20. The molecule has 0 radical (unpaired) electrons. The molecule has 1 heterocycles. The zero-order valence-electron chi connectivity index (χ0n) is 11.5. The zero-order chi connectivity index (χ0) is 14.7. The molecule has 0 spiro atoms. The Morgan fingerprint density at radius 3 is 2.35 bits per heavy atom. The van der Waals surface area contributed by atoms with Gasteiger partial charge in [-0.2, -0.15) is 0 Å². The highest BCUT2D eigenvalue weighted by molar-refractivity contribution is 7.80. The van der Waals surface area contributed by atoms with Gasteiger partial charge in [0, 0.05) is 18.4 Å². The molecule has 1 aromatic rings. The van der Waals surface area contributed by atoms with Gasteiger partial charge in [0.05, 0.1) is 6.54 Å². The molecule has 0 aromatic heterocycles. The smallest absolute Gasteiger partial charge is 0.229 e. The van der Waals surface area contributed by atoms with E-state index in [2.05, 4.69) is 0 Å². The Bertz CT molecular complexity index is 551. The monoisotopic (exact) mass is 290 g/mol. The number of nitrogens with zero attached hydrogens (tertiary/aromatic N) is 1. The van der Waals surface area contributed by atoms with Gasteiger partial charge in [-0.1, -0.05) is 24.4 Å². The summed E-state index contributed by atoms with van der Waals surface area (Å²) in [6.07, 6.45) is 2.49. The SMILES string of the molecule is Cc1cc(C(N)=S)ccc1CN1C(=O)CCCCC1=O. The maximum absolute atomic E-state index is 12.0. The van der Waals surface area contributed by atoms with Gasteiger partial charge in [0.25, 0.3) is 0 Å². The van der Waals surface area contributed by atoms with Crippen LogP contribution < -0.4 is 5.73 Å². The number of hydrogen-bond donors (Lipinski definition) is 1. The summed E-state index contributed by atoms with van der Waals surface area (Å²) in [6.45, 7) is 2.27. The Morgan fingerprint density at radius 1 is 1.25 bits per heavy atom. The Kier molecular flexibility index (Phi) is 4.49. The zero-order valence-corrected chi connectivity index (χ0v) is 12.3. The molecule has 0 unspecified atom stereocenters. The second kappa shape index (κ2) is 6.13. The number of carbonyl (C=O) groups excluding carboxylic acids is 2. The quantitative estimate of drug-likeness (QED) is 0.683. The van der Waals surface area contributed by atoms with Gasteiger partial charge in [-0.15, -0.1) is 0 Å². The van der Waals surface area contributed by atoms with Crippen molar-refractivity contribution in [2.75, 3.05) is 0 Å². The third-order valence-corrected chi connectivity index (χ3v) is 3.82. The van der Waals surface area contributed by atoms with E-state index in [1.54, 1.807) is 0 Å². The van der Waals surface area contributed by atoms with Crippen LogP contribution in [0.1, 0.15) is 42.4 Å². The van der Waals surface area contributed by atoms with Gasteiger partial charge >= 0.3 is 0 Å². The molecular formula is C15H18N2O2S. The number of nitrogens with two attached hydrogens (primary N) is 1. The van der Waals surface area contributed by atoms with Crippen molar-refractivity contribution in [3.8, 4) is 0 Å². The number of imide groups is 1. The first kappa shape index (κ1) is 14.7. The molecule has 1 aromatic carbocycles. The predicted octanol–water partition coefficient (Wildman–Crippen LogP) is 2.06. The van der Waals surface area contributed by atoms with Gasteiger partial charge in [-0.05, 0) is 37.0 Å². The summed E-state index contributed by atoms with van der Waals surface area (Å²) in [7, 11) is 0. The molecule has 20 heavy (non-hydrogen) atoms. The second-order valence-electron chi connectivity index (χ2n) is 5.09. The van der Waals surface area contributed by atoms with Crippen LogP contribution in [0, 0.1) is 6.92 Å². The van der Waals surface area contributed by atoms with Crippen LogP contribution in [0.25, 0.3) is 0 Å². The molecule has 106 valence electrons. The van der Waals surface area contributed by atoms with Crippen LogP contribution in [-0.4, -0.2) is 21.7 Å². The van der Waals surface area contributed by atoms with Crippen molar-refractivity contribution in [1.82, 2.24) is 4.90 Å². The molecule has 5 heteroatoms. The van der Waals surface area contributed by atoms with Crippen LogP contribution >= 0.6 is 12.2 Å². The number of aryl methyl sites for hydroxylation is 1. The number of amides is 2. The van der Waals surface area contributed by atoms with Crippen molar-refractivity contribution in [2.45, 2.75) is 39.2 Å². The molecule has 2 amide bonds. The summed E-state index contributed by atoms with van der Waals surface area (Å²) in [5, 5.41) is 0. The molecule has 1 fully saturated rings. The summed E-state index contributed by atoms with van der Waals surface area (Å²) in [4.78, 5) is 25.7. The Balaban J connectivity index is 2.22. The third kappa shape index (κ3) is 3.22. The summed E-state index contributed by atoms with van der Waals surface area (Å²) in [5.74, 6) is -0.157. The first-order valence-electron chi connectivity index (χ1n) is 6.71. The summed E-state index contributed by atoms with van der Waals surface area (Å²) < 4.78 is 0. The molecule has 2 N–H and O–H groups in total. The van der Waals surface area contributed by atoms with Gasteiger partial charge in [0.2, 0.25) is 11.8 Å². The lowest BCUT2D eigenvalue weighted by atomic mass is 10.0. The van der Waals surface area contributed by atoms with E-state index in [0.29, 0.717) is 24.4 Å². The molecule has 1 aliphatic rings. The maximum Gasteiger partial charge on any atom is 0.229 e. The summed E-state index contributed by atoms with van der Waals surface area (Å²) in [5.41, 5.74) is 8.33. The molecule has 1 saturated heterocycles. The highest BCUT2D eigenvalue weighted by Gasteiger charge is 2.24. The van der Waals surface area contributed by atoms with E-state index in [0.717, 1.165) is 29.5 Å². The minimum absolute atomic E-state index is 0.0784. The van der Waals surface area contributed by atoms with E-state index in [1.807, 2.05) is 25.1 Å². The number of rotatable bonds is 3. The number of carbonyl (C=O) groups is 2. The molecule has 4 nitrogen and oxygen atoms in total. The van der Waals surface area contributed by atoms with Crippen LogP contribution in [0.15, 0.2) is 18.2 Å². The number of likely N-dealkylation sites (tertiary alicyclic amines) is 1. The van der Waals surface area contributed by atoms with Crippen LogP contribution in [0.4, 0.5) is 0 Å². The number of thiocarbonyl (C=S) groups is 1. The van der Waals surface area contributed by atoms with Crippen molar-refractivity contribution >= 4 is 29.0 Å². The third-order valence-electron chi connectivity index (χ3n) is 3.59. The average molecular weight is 290 g/mol.